The average molecular weight is 1020 g/mol. The monoisotopic (exact) mass is 1020 g/mol. The van der Waals surface area contributed by atoms with Crippen LogP contribution in [0.3, 0.4) is 0 Å². The van der Waals surface area contributed by atoms with Crippen molar-refractivity contribution in [3.63, 3.8) is 0 Å². The molecule has 328 valence electrons. The van der Waals surface area contributed by atoms with Gasteiger partial charge in [-0.25, -0.2) is 24.3 Å². The molecule has 0 bridgehead atoms. The quantitative estimate of drug-likeness (QED) is 0.133. The Kier molecular flexibility index (Phi) is 23.9. The van der Waals surface area contributed by atoms with Crippen LogP contribution in [0.4, 0.5) is 0 Å². The Balaban J connectivity index is 0.000000434. The number of allylic oxidation sites excluding steroid dienone is 8. The molecule has 4 aromatic carbocycles. The molecule has 4 aliphatic carbocycles. The number of hydrogen-bond donors (Lipinski definition) is 0. The van der Waals surface area contributed by atoms with Gasteiger partial charge in [0, 0.05) is 0 Å². The maximum atomic E-state index is 3.67. The van der Waals surface area contributed by atoms with Gasteiger partial charge in [-0.2, -0.15) is 59.7 Å². The number of fused-ring (bicyclic) bond motifs is 6. The van der Waals surface area contributed by atoms with Gasteiger partial charge in [0.2, 0.25) is 0 Å². The first-order valence-electron chi connectivity index (χ1n) is 21.6. The molecule has 0 radical (unpaired) electrons. The zero-order valence-electron chi connectivity index (χ0n) is 40.8. The van der Waals surface area contributed by atoms with E-state index in [2.05, 4.69) is 208 Å². The van der Waals surface area contributed by atoms with Crippen LogP contribution in [0.15, 0.2) is 97.1 Å². The first kappa shape index (κ1) is 57.9. The molecule has 0 saturated heterocycles. The molecule has 4 heteroatoms. The molecule has 0 fully saturated rings. The van der Waals surface area contributed by atoms with Crippen molar-refractivity contribution in [1.82, 2.24) is 0 Å². The van der Waals surface area contributed by atoms with E-state index in [0.29, 0.717) is 0 Å². The van der Waals surface area contributed by atoms with Crippen LogP contribution >= 0.6 is 0 Å². The molecule has 8 rings (SSSR count). The van der Waals surface area contributed by atoms with Crippen LogP contribution < -0.4 is 24.8 Å². The predicted molar refractivity (Wildman–Crippen MR) is 258 cm³/mol. The molecule has 0 atom stereocenters. The Bertz CT molecular complexity index is 1910. The molecule has 0 nitrogen and oxygen atoms in total. The first-order chi connectivity index (χ1) is 27.8. The Morgan fingerprint density at radius 2 is 0.758 bits per heavy atom. The fraction of sp³-hybridized carbons (Fsp3) is 0.414. The Morgan fingerprint density at radius 1 is 0.452 bits per heavy atom. The summed E-state index contributed by atoms with van der Waals surface area (Å²) in [5.41, 5.74) is 17.4. The number of benzene rings is 4. The first-order valence-corrected chi connectivity index (χ1v) is 24.1. The van der Waals surface area contributed by atoms with Gasteiger partial charge in [-0.15, -0.1) is 35.1 Å². The van der Waals surface area contributed by atoms with Gasteiger partial charge < -0.3 is 24.8 Å². The summed E-state index contributed by atoms with van der Waals surface area (Å²) >= 11 is 3.11. The third-order valence-electron chi connectivity index (χ3n) is 10.1. The topological polar surface area (TPSA) is 0 Å². The zero-order valence-corrected chi connectivity index (χ0v) is 47.2. The van der Waals surface area contributed by atoms with Crippen LogP contribution in [-0.4, -0.2) is 6.41 Å². The van der Waals surface area contributed by atoms with Crippen LogP contribution in [0.1, 0.15) is 168 Å². The summed E-state index contributed by atoms with van der Waals surface area (Å²) in [6.45, 7) is 35.7. The van der Waals surface area contributed by atoms with E-state index in [0.717, 1.165) is 25.7 Å². The van der Waals surface area contributed by atoms with Gasteiger partial charge >= 0.3 is 82.6 Å². The van der Waals surface area contributed by atoms with Crippen molar-refractivity contribution < 1.29 is 73.3 Å². The van der Waals surface area contributed by atoms with Gasteiger partial charge in [-0.1, -0.05) is 131 Å². The van der Waals surface area contributed by atoms with Crippen molar-refractivity contribution in [3.05, 3.63) is 166 Å². The van der Waals surface area contributed by atoms with Crippen molar-refractivity contribution in [2.24, 2.45) is 0 Å². The van der Waals surface area contributed by atoms with Crippen molar-refractivity contribution >= 4 is 6.41 Å². The second kappa shape index (κ2) is 25.6. The summed E-state index contributed by atoms with van der Waals surface area (Å²) in [5, 5.41) is 0. The van der Waals surface area contributed by atoms with Crippen LogP contribution in [-0.2, 0) is 83.0 Å². The van der Waals surface area contributed by atoms with Gasteiger partial charge in [0.05, 0.1) is 0 Å². The Morgan fingerprint density at radius 3 is 0.984 bits per heavy atom. The van der Waals surface area contributed by atoms with Gasteiger partial charge in [0.25, 0.3) is 0 Å². The molecule has 0 aromatic heterocycles. The number of hydrogen-bond acceptors (Lipinski definition) is 0. The van der Waals surface area contributed by atoms with Crippen LogP contribution in [0, 0.1) is 24.3 Å². The van der Waals surface area contributed by atoms with Crippen LogP contribution in [0.25, 0.3) is 22.3 Å². The third kappa shape index (κ3) is 18.8. The van der Waals surface area contributed by atoms with E-state index in [1.807, 2.05) is 24.3 Å². The SMILES string of the molecule is CC(C)(C)c1[c-]c2c(cc1)-c1ccc(C(C)(C)C)cc1C2.CC(C)(C)c1[c-]c2c(cc1)-c1ccc(C(C)(C)C)cc1C2.C[C](C)=[Zr+2].C[C](C)=[Zr+2].[C-]1=CC=CC1.[C-]1=CC=CC1.[Cl-].[Cl-]. The molecule has 0 heterocycles. The number of halogens is 2. The van der Waals surface area contributed by atoms with Crippen LogP contribution in [0.2, 0.25) is 0 Å². The number of rotatable bonds is 0. The fourth-order valence-electron chi connectivity index (χ4n) is 6.74. The molecule has 0 amide bonds. The largest absolute Gasteiger partial charge is 1.00 e. The van der Waals surface area contributed by atoms with Gasteiger partial charge in [0.1, 0.15) is 0 Å². The summed E-state index contributed by atoms with van der Waals surface area (Å²) in [6, 6.07) is 30.3. The van der Waals surface area contributed by atoms with Gasteiger partial charge in [-0.3, -0.25) is 12.2 Å². The molecule has 4 aliphatic rings. The summed E-state index contributed by atoms with van der Waals surface area (Å²) in [4.78, 5) is 0. The van der Waals surface area contributed by atoms with E-state index >= 15 is 0 Å². The maximum absolute atomic E-state index is 3.67. The molecule has 0 spiro atoms. The van der Waals surface area contributed by atoms with E-state index < -0.39 is 0 Å². The van der Waals surface area contributed by atoms with E-state index in [1.54, 1.807) is 48.5 Å². The van der Waals surface area contributed by atoms with Gasteiger partial charge in [0.15, 0.2) is 0 Å². The third-order valence-corrected chi connectivity index (χ3v) is 10.1. The van der Waals surface area contributed by atoms with Crippen molar-refractivity contribution in [2.75, 3.05) is 0 Å². The minimum Gasteiger partial charge on any atom is -1.00 e. The Hall–Kier alpha value is -2.07. The fourth-order valence-corrected chi connectivity index (χ4v) is 6.74. The standard InChI is InChI=1S/2C21H25.2C5H5.2C3H6.2ClH.2Zr/c2*1-20(2,3)16-7-9-18-14(12-16)11-15-13-17(21(4,5)6)8-10-19(15)18;2*1-2-4-5-3-1;2*1-3-2;;;;/h2*7-10,12H,11H2,1-6H3;2*1-3H,4H2;2*1-2H3;2*1H;;/q4*-1;;;;;2*+2/p-2. The predicted octanol–water partition coefficient (Wildman–Crippen LogP) is 9.42. The molecular formula is C58H72Cl2Zr2-2. The molecule has 62 heavy (non-hydrogen) atoms. The molecular weight excluding hydrogens is 950 g/mol. The molecule has 4 aromatic rings. The van der Waals surface area contributed by atoms with Crippen LogP contribution in [0.5, 0.6) is 0 Å². The van der Waals surface area contributed by atoms with E-state index in [1.165, 1.54) is 73.2 Å². The molecule has 0 unspecified atom stereocenters. The summed E-state index contributed by atoms with van der Waals surface area (Å²) in [6.07, 6.45) is 22.1. The normalized spacial score (nSPS) is 13.2. The minimum absolute atomic E-state index is 0. The molecule has 0 aliphatic heterocycles. The average Bonchev–Trinajstić information content (AvgIpc) is 3.97. The Labute approximate surface area is 422 Å². The van der Waals surface area contributed by atoms with Crippen molar-refractivity contribution in [2.45, 2.75) is 158 Å². The summed E-state index contributed by atoms with van der Waals surface area (Å²) < 4.78 is 3.01. The molecule has 0 saturated carbocycles. The van der Waals surface area contributed by atoms with Gasteiger partial charge in [-0.05, 0) is 56.8 Å². The summed E-state index contributed by atoms with van der Waals surface area (Å²) in [7, 11) is 0. The molecule has 0 N–H and O–H groups in total. The zero-order chi connectivity index (χ0) is 45.1. The van der Waals surface area contributed by atoms with E-state index in [9.17, 15) is 0 Å². The van der Waals surface area contributed by atoms with E-state index in [-0.39, 0.29) is 46.5 Å². The second-order valence-corrected chi connectivity index (χ2v) is 25.5. The van der Waals surface area contributed by atoms with Crippen molar-refractivity contribution in [3.8, 4) is 22.3 Å². The minimum atomic E-state index is 0. The summed E-state index contributed by atoms with van der Waals surface area (Å²) in [5.74, 6) is 0. The second-order valence-electron chi connectivity index (χ2n) is 20.6. The van der Waals surface area contributed by atoms with Crippen molar-refractivity contribution in [1.29, 1.82) is 0 Å². The van der Waals surface area contributed by atoms with E-state index in [4.69, 9.17) is 0 Å². The smallest absolute Gasteiger partial charge is 0.109 e. The maximum Gasteiger partial charge on any atom is -0.109 e.